The van der Waals surface area contributed by atoms with Crippen molar-refractivity contribution >= 4 is 11.7 Å². The van der Waals surface area contributed by atoms with Crippen LogP contribution in [0.1, 0.15) is 44.1 Å². The minimum absolute atomic E-state index is 0.0803. The summed E-state index contributed by atoms with van der Waals surface area (Å²) in [5.41, 5.74) is 1.08. The summed E-state index contributed by atoms with van der Waals surface area (Å²) in [6.07, 6.45) is 12.3. The Labute approximate surface area is 172 Å². The minimum atomic E-state index is -0.215. The van der Waals surface area contributed by atoms with E-state index in [1.807, 2.05) is 12.1 Å². The van der Waals surface area contributed by atoms with Crippen LogP contribution in [0.15, 0.2) is 42.9 Å². The monoisotopic (exact) mass is 396 g/mol. The zero-order valence-corrected chi connectivity index (χ0v) is 16.8. The van der Waals surface area contributed by atoms with Crippen LogP contribution < -0.4 is 4.90 Å². The number of anilines is 1. The van der Waals surface area contributed by atoms with E-state index in [1.54, 1.807) is 18.6 Å². The number of carbonyl (C=O) groups excluding carboxylic acids is 1. The summed E-state index contributed by atoms with van der Waals surface area (Å²) < 4.78 is 13.2. The van der Waals surface area contributed by atoms with Crippen molar-refractivity contribution in [3.05, 3.63) is 54.2 Å². The number of benzene rings is 1. The van der Waals surface area contributed by atoms with E-state index >= 15 is 0 Å². The van der Waals surface area contributed by atoms with Crippen LogP contribution in [0.2, 0.25) is 0 Å². The van der Waals surface area contributed by atoms with Crippen LogP contribution in [0.25, 0.3) is 0 Å². The number of hydrogen-bond donors (Lipinski definition) is 0. The first-order valence-electron chi connectivity index (χ1n) is 10.8. The summed E-state index contributed by atoms with van der Waals surface area (Å²) in [6.45, 7) is 2.40. The van der Waals surface area contributed by atoms with Crippen molar-refractivity contribution < 1.29 is 9.18 Å². The highest BCUT2D eigenvalue weighted by atomic mass is 19.1. The average Bonchev–Trinajstić information content (AvgIpc) is 3.30. The molecule has 5 nitrogen and oxygen atoms in total. The molecule has 154 valence electrons. The number of nitrogens with zero attached hydrogens (tertiary/aromatic N) is 4. The maximum atomic E-state index is 13.4. The SMILES string of the molecule is O=C(C1CCN(c2cnccn2)CC1)N(CCc1ccc(F)cc1)C1CCCC1. The van der Waals surface area contributed by atoms with Gasteiger partial charge in [-0.15, -0.1) is 0 Å². The number of halogens is 1. The smallest absolute Gasteiger partial charge is 0.226 e. The highest BCUT2D eigenvalue weighted by molar-refractivity contribution is 5.79. The molecule has 0 N–H and O–H groups in total. The predicted octanol–water partition coefficient (Wildman–Crippen LogP) is 3.85. The van der Waals surface area contributed by atoms with Gasteiger partial charge in [-0.05, 0) is 49.8 Å². The van der Waals surface area contributed by atoms with Gasteiger partial charge in [0, 0.05) is 44.0 Å². The number of piperidine rings is 1. The van der Waals surface area contributed by atoms with Crippen LogP contribution in [0.5, 0.6) is 0 Å². The second-order valence-electron chi connectivity index (χ2n) is 8.17. The van der Waals surface area contributed by atoms with Crippen LogP contribution in [0.3, 0.4) is 0 Å². The molecule has 4 rings (SSSR count). The lowest BCUT2D eigenvalue weighted by atomic mass is 9.94. The van der Waals surface area contributed by atoms with E-state index in [0.29, 0.717) is 11.9 Å². The largest absolute Gasteiger partial charge is 0.355 e. The first kappa shape index (κ1) is 19.8. The lowest BCUT2D eigenvalue weighted by Crippen LogP contribution is -2.47. The maximum Gasteiger partial charge on any atom is 0.226 e. The van der Waals surface area contributed by atoms with Gasteiger partial charge >= 0.3 is 0 Å². The van der Waals surface area contributed by atoms with Gasteiger partial charge in [0.1, 0.15) is 11.6 Å². The quantitative estimate of drug-likeness (QED) is 0.744. The van der Waals surface area contributed by atoms with E-state index < -0.39 is 0 Å². The third kappa shape index (κ3) is 4.92. The minimum Gasteiger partial charge on any atom is -0.355 e. The topological polar surface area (TPSA) is 49.3 Å². The molecule has 1 aliphatic heterocycles. The van der Waals surface area contributed by atoms with Gasteiger partial charge in [-0.25, -0.2) is 9.37 Å². The molecule has 29 heavy (non-hydrogen) atoms. The molecule has 0 bridgehead atoms. The van der Waals surface area contributed by atoms with Gasteiger partial charge in [-0.2, -0.15) is 0 Å². The van der Waals surface area contributed by atoms with E-state index in [-0.39, 0.29) is 11.7 Å². The van der Waals surface area contributed by atoms with Crippen molar-refractivity contribution in [2.24, 2.45) is 5.92 Å². The van der Waals surface area contributed by atoms with E-state index in [4.69, 9.17) is 0 Å². The Morgan fingerprint density at radius 2 is 1.79 bits per heavy atom. The molecule has 0 unspecified atom stereocenters. The Hall–Kier alpha value is -2.50. The van der Waals surface area contributed by atoms with E-state index in [9.17, 15) is 9.18 Å². The first-order valence-corrected chi connectivity index (χ1v) is 10.8. The highest BCUT2D eigenvalue weighted by Gasteiger charge is 2.33. The molecule has 0 radical (unpaired) electrons. The van der Waals surface area contributed by atoms with Gasteiger partial charge in [-0.3, -0.25) is 9.78 Å². The van der Waals surface area contributed by atoms with Crippen molar-refractivity contribution in [3.63, 3.8) is 0 Å². The molecular formula is C23H29FN4O. The summed E-state index contributed by atoms with van der Waals surface area (Å²) in [4.78, 5) is 26.3. The first-order chi connectivity index (χ1) is 14.2. The Bertz CT molecular complexity index is 784. The third-order valence-corrected chi connectivity index (χ3v) is 6.32. The maximum absolute atomic E-state index is 13.4. The molecule has 1 aromatic heterocycles. The lowest BCUT2D eigenvalue weighted by Gasteiger charge is -2.37. The van der Waals surface area contributed by atoms with Crippen LogP contribution >= 0.6 is 0 Å². The zero-order chi connectivity index (χ0) is 20.1. The Morgan fingerprint density at radius 3 is 2.45 bits per heavy atom. The van der Waals surface area contributed by atoms with Crippen molar-refractivity contribution in [3.8, 4) is 0 Å². The van der Waals surface area contributed by atoms with E-state index in [0.717, 1.165) is 63.1 Å². The van der Waals surface area contributed by atoms with Gasteiger partial charge in [0.25, 0.3) is 0 Å². The van der Waals surface area contributed by atoms with E-state index in [2.05, 4.69) is 19.8 Å². The second-order valence-corrected chi connectivity index (χ2v) is 8.17. The summed E-state index contributed by atoms with van der Waals surface area (Å²) in [6, 6.07) is 7.01. The van der Waals surface area contributed by atoms with Gasteiger partial charge in [0.15, 0.2) is 0 Å². The fraction of sp³-hybridized carbons (Fsp3) is 0.522. The zero-order valence-electron chi connectivity index (χ0n) is 16.8. The molecule has 2 aromatic rings. The molecule has 1 aromatic carbocycles. The Kier molecular flexibility index (Phi) is 6.37. The van der Waals surface area contributed by atoms with Crippen molar-refractivity contribution in [2.45, 2.75) is 51.0 Å². The molecule has 1 aliphatic carbocycles. The number of amides is 1. The fourth-order valence-corrected chi connectivity index (χ4v) is 4.63. The fourth-order valence-electron chi connectivity index (χ4n) is 4.63. The normalized spacial score (nSPS) is 18.2. The molecule has 2 fully saturated rings. The predicted molar refractivity (Wildman–Crippen MR) is 111 cm³/mol. The lowest BCUT2D eigenvalue weighted by molar-refractivity contribution is -0.138. The number of aromatic nitrogens is 2. The molecule has 2 heterocycles. The number of rotatable bonds is 6. The molecule has 1 saturated heterocycles. The molecule has 0 atom stereocenters. The van der Waals surface area contributed by atoms with Crippen LogP contribution in [0, 0.1) is 11.7 Å². The van der Waals surface area contributed by atoms with Gasteiger partial charge < -0.3 is 9.80 Å². The summed E-state index contributed by atoms with van der Waals surface area (Å²) in [5.74, 6) is 1.06. The van der Waals surface area contributed by atoms with Crippen LogP contribution in [0.4, 0.5) is 10.2 Å². The van der Waals surface area contributed by atoms with Crippen LogP contribution in [-0.2, 0) is 11.2 Å². The van der Waals surface area contributed by atoms with E-state index in [1.165, 1.54) is 25.0 Å². The second kappa shape index (κ2) is 9.33. The number of carbonyl (C=O) groups is 1. The van der Waals surface area contributed by atoms with Gasteiger partial charge in [0.05, 0.1) is 6.20 Å². The summed E-state index contributed by atoms with van der Waals surface area (Å²) in [5, 5.41) is 0. The highest BCUT2D eigenvalue weighted by Crippen LogP contribution is 2.29. The van der Waals surface area contributed by atoms with Gasteiger partial charge in [0.2, 0.25) is 5.91 Å². The third-order valence-electron chi connectivity index (χ3n) is 6.32. The summed E-state index contributed by atoms with van der Waals surface area (Å²) >= 11 is 0. The Balaban J connectivity index is 1.38. The van der Waals surface area contributed by atoms with Crippen molar-refractivity contribution in [1.29, 1.82) is 0 Å². The molecular weight excluding hydrogens is 367 g/mol. The van der Waals surface area contributed by atoms with Crippen LogP contribution in [-0.4, -0.2) is 46.5 Å². The molecule has 1 saturated carbocycles. The number of hydrogen-bond acceptors (Lipinski definition) is 4. The average molecular weight is 397 g/mol. The molecule has 0 spiro atoms. The Morgan fingerprint density at radius 1 is 1.07 bits per heavy atom. The molecule has 6 heteroatoms. The standard InChI is InChI=1S/C23H29FN4O/c24-20-7-5-18(6-8-20)9-16-28(21-3-1-2-4-21)23(29)19-10-14-27(15-11-19)22-17-25-12-13-26-22/h5-8,12-13,17,19,21H,1-4,9-11,14-16H2. The molecule has 2 aliphatic rings. The van der Waals surface area contributed by atoms with Crippen molar-refractivity contribution in [2.75, 3.05) is 24.5 Å². The van der Waals surface area contributed by atoms with Crippen molar-refractivity contribution in [1.82, 2.24) is 14.9 Å². The molecule has 1 amide bonds. The summed E-state index contributed by atoms with van der Waals surface area (Å²) in [7, 11) is 0. The van der Waals surface area contributed by atoms with Gasteiger partial charge in [-0.1, -0.05) is 25.0 Å².